The molecule has 3 aromatic rings. The minimum atomic E-state index is 0.0263. The number of nitrogens with one attached hydrogen (secondary N) is 1. The molecule has 0 aliphatic carbocycles. The van der Waals surface area contributed by atoms with E-state index in [-0.39, 0.29) is 5.91 Å². The summed E-state index contributed by atoms with van der Waals surface area (Å²) in [5.74, 6) is 1.65. The Balaban J connectivity index is 1.18. The number of aromatic nitrogens is 1. The molecule has 0 unspecified atom stereocenters. The van der Waals surface area contributed by atoms with Gasteiger partial charge in [-0.25, -0.2) is 4.98 Å². The van der Waals surface area contributed by atoms with E-state index in [2.05, 4.69) is 28.1 Å². The van der Waals surface area contributed by atoms with Gasteiger partial charge in [0.1, 0.15) is 17.0 Å². The molecule has 7 nitrogen and oxygen atoms in total. The lowest BCUT2D eigenvalue weighted by molar-refractivity contribution is -0.121. The van der Waals surface area contributed by atoms with Crippen molar-refractivity contribution >= 4 is 32.6 Å². The summed E-state index contributed by atoms with van der Waals surface area (Å²) in [6, 6.07) is 13.6. The van der Waals surface area contributed by atoms with Gasteiger partial charge < -0.3 is 19.7 Å². The van der Waals surface area contributed by atoms with Crippen molar-refractivity contribution in [2.75, 3.05) is 57.9 Å². The van der Waals surface area contributed by atoms with Gasteiger partial charge in [0, 0.05) is 39.3 Å². The second-order valence-corrected chi connectivity index (χ2v) is 8.83. The number of para-hydroxylation sites is 1. The molecule has 1 saturated heterocycles. The number of rotatable bonds is 9. The van der Waals surface area contributed by atoms with Gasteiger partial charge in [-0.3, -0.25) is 9.69 Å². The summed E-state index contributed by atoms with van der Waals surface area (Å²) in [5, 5.41) is 4.05. The Morgan fingerprint density at radius 2 is 1.91 bits per heavy atom. The predicted octanol–water partition coefficient (Wildman–Crippen LogP) is 3.32. The summed E-state index contributed by atoms with van der Waals surface area (Å²) in [5.41, 5.74) is 2.18. The van der Waals surface area contributed by atoms with Crippen LogP contribution in [0, 0.1) is 6.92 Å². The Labute approximate surface area is 192 Å². The third kappa shape index (κ3) is 5.49. The zero-order chi connectivity index (χ0) is 22.3. The average Bonchev–Trinajstić information content (AvgIpc) is 3.27. The van der Waals surface area contributed by atoms with Crippen molar-refractivity contribution in [3.8, 4) is 11.5 Å². The number of benzene rings is 2. The Morgan fingerprint density at radius 3 is 2.66 bits per heavy atom. The first kappa shape index (κ1) is 22.4. The number of piperazine rings is 1. The van der Waals surface area contributed by atoms with Crippen LogP contribution in [-0.4, -0.2) is 68.8 Å². The maximum absolute atomic E-state index is 12.0. The molecule has 0 radical (unpaired) electrons. The van der Waals surface area contributed by atoms with E-state index in [4.69, 9.17) is 14.5 Å². The number of thiazole rings is 1. The van der Waals surface area contributed by atoms with Gasteiger partial charge >= 0.3 is 0 Å². The standard InChI is InChI=1S/C24H30N4O3S/c1-18-8-9-20(30-2)22-23(18)32-24(26-22)28-15-13-27(14-16-28)12-11-25-21(29)10-17-31-19-6-4-3-5-7-19/h3-9H,10-17H2,1-2H3,(H,25,29). The number of methoxy groups -OCH3 is 1. The third-order valence-electron chi connectivity index (χ3n) is 5.65. The van der Waals surface area contributed by atoms with Crippen LogP contribution in [0.5, 0.6) is 11.5 Å². The third-order valence-corrected chi connectivity index (χ3v) is 6.90. The van der Waals surface area contributed by atoms with E-state index < -0.39 is 0 Å². The molecule has 4 rings (SSSR count). The van der Waals surface area contributed by atoms with Gasteiger partial charge in [0.2, 0.25) is 5.91 Å². The molecule has 8 heteroatoms. The topological polar surface area (TPSA) is 66.9 Å². The quantitative estimate of drug-likeness (QED) is 0.535. The van der Waals surface area contributed by atoms with Crippen LogP contribution in [0.3, 0.4) is 0 Å². The SMILES string of the molecule is COc1ccc(C)c2sc(N3CCN(CCNC(=O)CCOc4ccccc4)CC3)nc12. The van der Waals surface area contributed by atoms with Gasteiger partial charge in [0.15, 0.2) is 5.13 Å². The highest BCUT2D eigenvalue weighted by molar-refractivity contribution is 7.22. The fraction of sp³-hybridized carbons (Fsp3) is 0.417. The van der Waals surface area contributed by atoms with Gasteiger partial charge in [-0.2, -0.15) is 0 Å². The molecule has 1 fully saturated rings. The minimum absolute atomic E-state index is 0.0263. The Bertz CT molecular complexity index is 1030. The normalized spacial score (nSPS) is 14.5. The maximum Gasteiger partial charge on any atom is 0.223 e. The first-order chi connectivity index (χ1) is 15.6. The first-order valence-electron chi connectivity index (χ1n) is 11.0. The smallest absolute Gasteiger partial charge is 0.223 e. The molecule has 2 aromatic carbocycles. The van der Waals surface area contributed by atoms with E-state index in [9.17, 15) is 4.79 Å². The van der Waals surface area contributed by atoms with Crippen LogP contribution in [0.15, 0.2) is 42.5 Å². The average molecular weight is 455 g/mol. The fourth-order valence-electron chi connectivity index (χ4n) is 3.78. The largest absolute Gasteiger partial charge is 0.494 e. The molecule has 1 aromatic heterocycles. The van der Waals surface area contributed by atoms with Gasteiger partial charge in [0.05, 0.1) is 24.8 Å². The van der Waals surface area contributed by atoms with Crippen molar-refractivity contribution in [1.82, 2.24) is 15.2 Å². The number of fused-ring (bicyclic) bond motifs is 1. The summed E-state index contributed by atoms with van der Waals surface area (Å²) in [7, 11) is 1.69. The molecular weight excluding hydrogens is 424 g/mol. The van der Waals surface area contributed by atoms with Crippen LogP contribution in [0.25, 0.3) is 10.2 Å². The molecule has 2 heterocycles. The van der Waals surface area contributed by atoms with Gasteiger partial charge in [0.25, 0.3) is 0 Å². The van der Waals surface area contributed by atoms with Crippen molar-refractivity contribution < 1.29 is 14.3 Å². The minimum Gasteiger partial charge on any atom is -0.494 e. The number of aryl methyl sites for hydroxylation is 1. The molecule has 1 aliphatic rings. The van der Waals surface area contributed by atoms with Crippen LogP contribution >= 0.6 is 11.3 Å². The number of hydrogen-bond acceptors (Lipinski definition) is 7. The van der Waals surface area contributed by atoms with Crippen molar-refractivity contribution in [2.45, 2.75) is 13.3 Å². The lowest BCUT2D eigenvalue weighted by Gasteiger charge is -2.34. The van der Waals surface area contributed by atoms with Crippen LogP contribution < -0.4 is 19.7 Å². The number of carbonyl (C=O) groups excluding carboxylic acids is 1. The zero-order valence-corrected chi connectivity index (χ0v) is 19.5. The Hall–Kier alpha value is -2.84. The monoisotopic (exact) mass is 454 g/mol. The molecule has 0 atom stereocenters. The molecule has 0 saturated carbocycles. The Morgan fingerprint density at radius 1 is 1.12 bits per heavy atom. The van der Waals surface area contributed by atoms with E-state index in [1.165, 1.54) is 10.3 Å². The molecule has 1 amide bonds. The van der Waals surface area contributed by atoms with Gasteiger partial charge in [-0.1, -0.05) is 35.6 Å². The van der Waals surface area contributed by atoms with Crippen molar-refractivity contribution in [2.24, 2.45) is 0 Å². The lowest BCUT2D eigenvalue weighted by atomic mass is 10.2. The Kier molecular flexibility index (Phi) is 7.44. The number of ether oxygens (including phenoxy) is 2. The summed E-state index contributed by atoms with van der Waals surface area (Å²) in [4.78, 5) is 21.6. The summed E-state index contributed by atoms with van der Waals surface area (Å²) < 4.78 is 12.3. The van der Waals surface area contributed by atoms with Crippen molar-refractivity contribution in [3.63, 3.8) is 0 Å². The summed E-state index contributed by atoms with van der Waals surface area (Å²) >= 11 is 1.74. The van der Waals surface area contributed by atoms with Crippen LogP contribution in [-0.2, 0) is 4.79 Å². The number of anilines is 1. The van der Waals surface area contributed by atoms with Gasteiger partial charge in [-0.05, 0) is 30.7 Å². The molecule has 32 heavy (non-hydrogen) atoms. The number of nitrogens with zero attached hydrogens (tertiary/aromatic N) is 3. The van der Waals surface area contributed by atoms with E-state index in [1.54, 1.807) is 18.4 Å². The van der Waals surface area contributed by atoms with Crippen molar-refractivity contribution in [1.29, 1.82) is 0 Å². The second-order valence-electron chi connectivity index (χ2n) is 7.85. The highest BCUT2D eigenvalue weighted by atomic mass is 32.1. The van der Waals surface area contributed by atoms with E-state index in [1.807, 2.05) is 36.4 Å². The van der Waals surface area contributed by atoms with Gasteiger partial charge in [-0.15, -0.1) is 0 Å². The molecule has 170 valence electrons. The van der Waals surface area contributed by atoms with E-state index in [0.29, 0.717) is 19.6 Å². The maximum atomic E-state index is 12.0. The number of carbonyl (C=O) groups is 1. The molecule has 1 aliphatic heterocycles. The summed E-state index contributed by atoms with van der Waals surface area (Å²) in [6.07, 6.45) is 0.364. The molecule has 0 bridgehead atoms. The second kappa shape index (κ2) is 10.7. The summed E-state index contributed by atoms with van der Waals surface area (Å²) in [6.45, 7) is 7.79. The lowest BCUT2D eigenvalue weighted by Crippen LogP contribution is -2.48. The number of hydrogen-bond donors (Lipinski definition) is 1. The highest BCUT2D eigenvalue weighted by Crippen LogP contribution is 2.36. The van der Waals surface area contributed by atoms with E-state index in [0.717, 1.165) is 54.9 Å². The van der Waals surface area contributed by atoms with Crippen molar-refractivity contribution in [3.05, 3.63) is 48.0 Å². The zero-order valence-electron chi connectivity index (χ0n) is 18.7. The van der Waals surface area contributed by atoms with E-state index >= 15 is 0 Å². The first-order valence-corrected chi connectivity index (χ1v) is 11.8. The van der Waals surface area contributed by atoms with Crippen LogP contribution in [0.4, 0.5) is 5.13 Å². The molecule has 1 N–H and O–H groups in total. The molecular formula is C24H30N4O3S. The molecule has 0 spiro atoms. The van der Waals surface area contributed by atoms with Crippen LogP contribution in [0.2, 0.25) is 0 Å². The fourth-order valence-corrected chi connectivity index (χ4v) is 4.88. The predicted molar refractivity (Wildman–Crippen MR) is 129 cm³/mol. The van der Waals surface area contributed by atoms with Crippen LogP contribution in [0.1, 0.15) is 12.0 Å². The highest BCUT2D eigenvalue weighted by Gasteiger charge is 2.21. The number of amides is 1.